The van der Waals surface area contributed by atoms with Crippen LogP contribution in [0, 0.1) is 0 Å². The molecule has 0 unspecified atom stereocenters. The minimum absolute atomic E-state index is 0.0760. The second-order valence-electron chi connectivity index (χ2n) is 8.03. The molecule has 0 fully saturated rings. The van der Waals surface area contributed by atoms with E-state index < -0.39 is 42.5 Å². The van der Waals surface area contributed by atoms with E-state index in [0.717, 1.165) is 12.1 Å². The monoisotopic (exact) mass is 483 g/mol. The van der Waals surface area contributed by atoms with Crippen LogP contribution in [0.25, 0.3) is 0 Å². The van der Waals surface area contributed by atoms with E-state index in [2.05, 4.69) is 0 Å². The molecule has 0 radical (unpaired) electrons. The summed E-state index contributed by atoms with van der Waals surface area (Å²) >= 11 is 0. The lowest BCUT2D eigenvalue weighted by molar-refractivity contribution is -0.0130. The van der Waals surface area contributed by atoms with Gasteiger partial charge in [0.25, 0.3) is 0 Å². The van der Waals surface area contributed by atoms with Crippen LogP contribution in [0.1, 0.15) is 35.0 Å². The Labute approximate surface area is 200 Å². The second-order valence-corrected chi connectivity index (χ2v) is 8.03. The van der Waals surface area contributed by atoms with Crippen LogP contribution in [0.5, 0.6) is 40.2 Å². The highest BCUT2D eigenvalue weighted by Gasteiger charge is 2.40. The number of methoxy groups -OCH3 is 1. The molecule has 0 saturated carbocycles. The Morgan fingerprint density at radius 1 is 0.914 bits per heavy atom. The molecule has 5 rings (SSSR count). The summed E-state index contributed by atoms with van der Waals surface area (Å²) in [6, 6.07) is 10.7. The van der Waals surface area contributed by atoms with E-state index >= 15 is 0 Å². The average molecular weight is 483 g/mol. The fraction of sp³-hybridized carbons (Fsp3) is 0.240. The molecule has 4 atom stereocenters. The molecule has 3 aromatic rings. The van der Waals surface area contributed by atoms with Crippen LogP contribution >= 0.6 is 0 Å². The minimum atomic E-state index is -1.95. The number of rotatable bonds is 4. The van der Waals surface area contributed by atoms with Gasteiger partial charge in [-0.2, -0.15) is 0 Å². The van der Waals surface area contributed by atoms with Gasteiger partial charge in [0.15, 0.2) is 47.4 Å². The van der Waals surface area contributed by atoms with Crippen LogP contribution < -0.4 is 18.9 Å². The Morgan fingerprint density at radius 2 is 1.69 bits per heavy atom. The fourth-order valence-electron chi connectivity index (χ4n) is 4.13. The molecule has 2 aliphatic heterocycles. The number of phenolic OH excluding ortho intramolecular Hbond substituents is 3. The minimum Gasteiger partial charge on any atom is -0.508 e. The molecular formula is C25H22O10. The van der Waals surface area contributed by atoms with Gasteiger partial charge < -0.3 is 44.5 Å². The molecule has 0 spiro atoms. The van der Waals surface area contributed by atoms with Crippen LogP contribution in [-0.4, -0.2) is 57.2 Å². The number of aromatic hydroxyl groups is 3. The first-order valence-corrected chi connectivity index (χ1v) is 10.6. The molecule has 35 heavy (non-hydrogen) atoms. The van der Waals surface area contributed by atoms with Crippen molar-refractivity contribution in [2.24, 2.45) is 0 Å². The van der Waals surface area contributed by atoms with Gasteiger partial charge in [-0.05, 0) is 29.8 Å². The topological polar surface area (TPSA) is 155 Å². The van der Waals surface area contributed by atoms with Crippen molar-refractivity contribution in [1.29, 1.82) is 0 Å². The van der Waals surface area contributed by atoms with Gasteiger partial charge in [0, 0.05) is 17.7 Å². The second kappa shape index (κ2) is 8.57. The van der Waals surface area contributed by atoms with Crippen molar-refractivity contribution in [3.63, 3.8) is 0 Å². The maximum atomic E-state index is 12.8. The van der Waals surface area contributed by atoms with Crippen molar-refractivity contribution in [2.75, 3.05) is 13.7 Å². The zero-order valence-electron chi connectivity index (χ0n) is 19.3. The third-order valence-corrected chi connectivity index (χ3v) is 5.83. The highest BCUT2D eigenvalue weighted by atomic mass is 16.6. The van der Waals surface area contributed by atoms with E-state index in [-0.39, 0.29) is 45.6 Å². The first-order valence-electron chi connectivity index (χ1n) is 11.1. The molecule has 182 valence electrons. The zero-order valence-corrected chi connectivity index (χ0v) is 18.3. The third kappa shape index (κ3) is 3.82. The average Bonchev–Trinajstić information content (AvgIpc) is 2.85. The van der Waals surface area contributed by atoms with E-state index in [0.29, 0.717) is 5.56 Å². The molecule has 2 aliphatic rings. The number of ether oxygens (including phenoxy) is 4. The quantitative estimate of drug-likeness (QED) is 0.373. The molecule has 0 aromatic heterocycles. The van der Waals surface area contributed by atoms with Gasteiger partial charge >= 0.3 is 0 Å². The molecule has 10 heteroatoms. The van der Waals surface area contributed by atoms with Crippen LogP contribution in [-0.2, 0) is 0 Å². The standard InChI is InChI=1S/C25H22O10/c1-32-17-6-11(2-4-14(17)28)24-20(10-26)33-16-5-3-12(7-18(16)34-24)25-23(31)22(30)21-15(29)8-13(27)9-19(21)35-25/h2-9,20,23-29,31H,10H2,1H3/t20-,23-,24-,25+/m0/s1/i24D. The maximum absolute atomic E-state index is 12.8. The maximum Gasteiger partial charge on any atom is 0.202 e. The molecule has 0 saturated heterocycles. The number of ketones is 1. The smallest absolute Gasteiger partial charge is 0.202 e. The van der Waals surface area contributed by atoms with Crippen LogP contribution in [0.2, 0.25) is 0 Å². The normalized spacial score (nSPS) is 25.3. The number of hydrogen-bond acceptors (Lipinski definition) is 10. The number of Topliss-reactive ketones (excluding diaryl/α,β-unsaturated/α-hetero) is 1. The number of carbonyl (C=O) groups excluding carboxylic acids is 1. The number of aliphatic hydroxyl groups excluding tert-OH is 2. The molecule has 3 aromatic carbocycles. The lowest BCUT2D eigenvalue weighted by atomic mass is 9.92. The summed E-state index contributed by atoms with van der Waals surface area (Å²) in [6.45, 7) is -0.559. The largest absolute Gasteiger partial charge is 0.508 e. The van der Waals surface area contributed by atoms with E-state index in [1.807, 2.05) is 0 Å². The molecule has 0 bridgehead atoms. The number of fused-ring (bicyclic) bond motifs is 2. The number of benzene rings is 3. The first kappa shape index (κ1) is 21.4. The van der Waals surface area contributed by atoms with E-state index in [1.54, 1.807) is 0 Å². The molecule has 2 heterocycles. The highest BCUT2D eigenvalue weighted by molar-refractivity contribution is 6.05. The Balaban J connectivity index is 1.53. The Hall–Kier alpha value is -4.15. The van der Waals surface area contributed by atoms with Crippen LogP contribution in [0.3, 0.4) is 0 Å². The summed E-state index contributed by atoms with van der Waals surface area (Å²) in [4.78, 5) is 12.8. The number of carbonyl (C=O) groups is 1. The van der Waals surface area contributed by atoms with Gasteiger partial charge in [-0.3, -0.25) is 4.79 Å². The van der Waals surface area contributed by atoms with Gasteiger partial charge in [-0.25, -0.2) is 0 Å². The van der Waals surface area contributed by atoms with Crippen molar-refractivity contribution >= 4 is 5.78 Å². The lowest BCUT2D eigenvalue weighted by Gasteiger charge is -2.35. The zero-order chi connectivity index (χ0) is 25.8. The number of phenols is 3. The number of hydrogen-bond donors (Lipinski definition) is 5. The van der Waals surface area contributed by atoms with Gasteiger partial charge in [-0.15, -0.1) is 0 Å². The van der Waals surface area contributed by atoms with Crippen LogP contribution in [0.15, 0.2) is 48.5 Å². The summed E-state index contributed by atoms with van der Waals surface area (Å²) in [5.41, 5.74) is 0.280. The summed E-state index contributed by atoms with van der Waals surface area (Å²) in [5.74, 6) is -1.50. The predicted octanol–water partition coefficient (Wildman–Crippen LogP) is 2.36. The molecule has 5 N–H and O–H groups in total. The SMILES string of the molecule is [2H][C@@]1(c2ccc(O)c(OC)c2)Oc2cc([C@H]3Oc4cc(O)cc(O)c4C(=O)[C@@H]3O)ccc2O[C@H]1CO. The van der Waals surface area contributed by atoms with Crippen molar-refractivity contribution in [1.82, 2.24) is 0 Å². The third-order valence-electron chi connectivity index (χ3n) is 5.83. The first-order chi connectivity index (χ1) is 17.2. The predicted molar refractivity (Wildman–Crippen MR) is 119 cm³/mol. The van der Waals surface area contributed by atoms with Crippen molar-refractivity contribution in [3.05, 3.63) is 65.2 Å². The summed E-state index contributed by atoms with van der Waals surface area (Å²) in [7, 11) is 1.35. The van der Waals surface area contributed by atoms with Gasteiger partial charge in [0.2, 0.25) is 5.78 Å². The Morgan fingerprint density at radius 3 is 2.43 bits per heavy atom. The fourth-order valence-corrected chi connectivity index (χ4v) is 4.13. The Bertz CT molecular complexity index is 1360. The molecule has 10 nitrogen and oxygen atoms in total. The van der Waals surface area contributed by atoms with Crippen molar-refractivity contribution in [3.8, 4) is 40.2 Å². The van der Waals surface area contributed by atoms with Gasteiger partial charge in [0.1, 0.15) is 22.8 Å². The molecule has 0 aliphatic carbocycles. The summed E-state index contributed by atoms with van der Waals surface area (Å²) in [6.07, 6.45) is -5.98. The van der Waals surface area contributed by atoms with Crippen molar-refractivity contribution < 1.29 is 50.6 Å². The van der Waals surface area contributed by atoms with Gasteiger partial charge in [0.05, 0.1) is 15.1 Å². The van der Waals surface area contributed by atoms with Gasteiger partial charge in [-0.1, -0.05) is 12.1 Å². The Kier molecular flexibility index (Phi) is 5.24. The van der Waals surface area contributed by atoms with Crippen LogP contribution in [0.4, 0.5) is 0 Å². The summed E-state index contributed by atoms with van der Waals surface area (Å²) in [5, 5.41) is 50.3. The highest BCUT2D eigenvalue weighted by Crippen LogP contribution is 2.45. The van der Waals surface area contributed by atoms with E-state index in [1.165, 1.54) is 43.5 Å². The van der Waals surface area contributed by atoms with E-state index in [9.17, 15) is 30.3 Å². The van der Waals surface area contributed by atoms with E-state index in [4.69, 9.17) is 20.3 Å². The summed E-state index contributed by atoms with van der Waals surface area (Å²) < 4.78 is 31.7. The van der Waals surface area contributed by atoms with Crippen molar-refractivity contribution in [2.45, 2.75) is 24.4 Å². The number of aliphatic hydroxyl groups is 2. The lowest BCUT2D eigenvalue weighted by Crippen LogP contribution is -2.37. The molecular weight excluding hydrogens is 460 g/mol. The molecule has 0 amide bonds.